The summed E-state index contributed by atoms with van der Waals surface area (Å²) >= 11 is 0. The van der Waals surface area contributed by atoms with E-state index in [0.717, 1.165) is 12.8 Å². The van der Waals surface area contributed by atoms with Gasteiger partial charge >= 0.3 is 5.97 Å². The van der Waals surface area contributed by atoms with E-state index < -0.39 is 17.4 Å². The quantitative estimate of drug-likeness (QED) is 0.618. The molecule has 1 fully saturated rings. The molecule has 16 heavy (non-hydrogen) atoms. The first-order chi connectivity index (χ1) is 7.60. The third-order valence-electron chi connectivity index (χ3n) is 2.95. The molecule has 4 nitrogen and oxygen atoms in total. The molecule has 0 bridgehead atoms. The number of methoxy groups -OCH3 is 1. The van der Waals surface area contributed by atoms with Gasteiger partial charge in [-0.05, 0) is 18.4 Å². The topological polar surface area (TPSA) is 63.6 Å². The Bertz CT molecular complexity index is 446. The predicted octanol–water partition coefficient (Wildman–Crippen LogP) is 1.59. The minimum atomic E-state index is -1.43. The van der Waals surface area contributed by atoms with Crippen LogP contribution in [-0.4, -0.2) is 24.0 Å². The summed E-state index contributed by atoms with van der Waals surface area (Å²) in [5.41, 5.74) is 0.473. The summed E-state index contributed by atoms with van der Waals surface area (Å²) in [6, 6.07) is 6.73. The first-order valence-electron chi connectivity index (χ1n) is 5.03. The van der Waals surface area contributed by atoms with Crippen molar-refractivity contribution in [2.24, 2.45) is 0 Å². The fourth-order valence-corrected chi connectivity index (χ4v) is 1.89. The van der Waals surface area contributed by atoms with Crippen molar-refractivity contribution in [3.05, 3.63) is 35.4 Å². The summed E-state index contributed by atoms with van der Waals surface area (Å²) in [7, 11) is 1.58. The molecule has 0 radical (unpaired) electrons. The third-order valence-corrected chi connectivity index (χ3v) is 2.95. The molecule has 84 valence electrons. The van der Waals surface area contributed by atoms with Gasteiger partial charge in [0.15, 0.2) is 0 Å². The Morgan fingerprint density at radius 3 is 2.44 bits per heavy atom. The SMILES string of the molecule is COC1(c2ccccc2C(=O)C(=O)O)CC1. The van der Waals surface area contributed by atoms with Crippen molar-refractivity contribution in [3.63, 3.8) is 0 Å². The number of carboxylic acid groups (broad SMARTS) is 1. The Morgan fingerprint density at radius 1 is 1.31 bits per heavy atom. The zero-order valence-corrected chi connectivity index (χ0v) is 8.90. The summed E-state index contributed by atoms with van der Waals surface area (Å²) < 4.78 is 5.36. The van der Waals surface area contributed by atoms with Gasteiger partial charge in [0.25, 0.3) is 5.78 Å². The molecule has 2 rings (SSSR count). The number of carbonyl (C=O) groups excluding carboxylic acids is 1. The molecule has 1 aromatic carbocycles. The lowest BCUT2D eigenvalue weighted by Gasteiger charge is -2.16. The average Bonchev–Trinajstić information content (AvgIpc) is 3.09. The molecule has 0 atom stereocenters. The van der Waals surface area contributed by atoms with Crippen molar-refractivity contribution in [2.75, 3.05) is 7.11 Å². The molecular weight excluding hydrogens is 208 g/mol. The van der Waals surface area contributed by atoms with Gasteiger partial charge in [-0.3, -0.25) is 4.79 Å². The highest BCUT2D eigenvalue weighted by atomic mass is 16.5. The number of benzene rings is 1. The Labute approximate surface area is 92.8 Å². The first kappa shape index (κ1) is 10.8. The van der Waals surface area contributed by atoms with Gasteiger partial charge in [0.05, 0.1) is 5.60 Å². The molecular formula is C12H12O4. The van der Waals surface area contributed by atoms with Gasteiger partial charge < -0.3 is 9.84 Å². The number of hydrogen-bond acceptors (Lipinski definition) is 3. The molecule has 0 aliphatic heterocycles. The lowest BCUT2D eigenvalue weighted by atomic mass is 9.97. The summed E-state index contributed by atoms with van der Waals surface area (Å²) in [5.74, 6) is -2.31. The van der Waals surface area contributed by atoms with Crippen LogP contribution < -0.4 is 0 Å². The second-order valence-corrected chi connectivity index (χ2v) is 3.88. The second-order valence-electron chi connectivity index (χ2n) is 3.88. The Morgan fingerprint density at radius 2 is 1.94 bits per heavy atom. The Hall–Kier alpha value is -1.68. The molecule has 0 amide bonds. The van der Waals surface area contributed by atoms with E-state index in [1.54, 1.807) is 25.3 Å². The van der Waals surface area contributed by atoms with Gasteiger partial charge in [-0.15, -0.1) is 0 Å². The molecule has 4 heteroatoms. The molecule has 0 spiro atoms. The number of aliphatic carboxylic acids is 1. The molecule has 0 heterocycles. The summed E-state index contributed by atoms with van der Waals surface area (Å²) in [6.07, 6.45) is 1.65. The fraction of sp³-hybridized carbons (Fsp3) is 0.333. The van der Waals surface area contributed by atoms with E-state index in [9.17, 15) is 9.59 Å². The van der Waals surface area contributed by atoms with Crippen LogP contribution in [0.4, 0.5) is 0 Å². The average molecular weight is 220 g/mol. The normalized spacial score (nSPS) is 16.8. The van der Waals surface area contributed by atoms with Crippen molar-refractivity contribution < 1.29 is 19.4 Å². The van der Waals surface area contributed by atoms with Crippen LogP contribution in [0, 0.1) is 0 Å². The number of hydrogen-bond donors (Lipinski definition) is 1. The predicted molar refractivity (Wildman–Crippen MR) is 56.3 cm³/mol. The van der Waals surface area contributed by atoms with Crippen molar-refractivity contribution in [1.82, 2.24) is 0 Å². The van der Waals surface area contributed by atoms with E-state index in [-0.39, 0.29) is 5.56 Å². The zero-order valence-electron chi connectivity index (χ0n) is 8.90. The van der Waals surface area contributed by atoms with Crippen LogP contribution in [0.15, 0.2) is 24.3 Å². The molecule has 1 saturated carbocycles. The van der Waals surface area contributed by atoms with Gasteiger partial charge in [0.1, 0.15) is 0 Å². The minimum Gasteiger partial charge on any atom is -0.475 e. The zero-order chi connectivity index (χ0) is 11.8. The fourth-order valence-electron chi connectivity index (χ4n) is 1.89. The van der Waals surface area contributed by atoms with Crippen molar-refractivity contribution in [2.45, 2.75) is 18.4 Å². The van der Waals surface area contributed by atoms with Crippen molar-refractivity contribution >= 4 is 11.8 Å². The van der Waals surface area contributed by atoms with Gasteiger partial charge in [0.2, 0.25) is 0 Å². The largest absolute Gasteiger partial charge is 0.475 e. The van der Waals surface area contributed by atoms with Crippen LogP contribution in [0.3, 0.4) is 0 Å². The molecule has 1 aliphatic carbocycles. The van der Waals surface area contributed by atoms with Crippen LogP contribution in [0.5, 0.6) is 0 Å². The van der Waals surface area contributed by atoms with Crippen LogP contribution >= 0.6 is 0 Å². The standard InChI is InChI=1S/C12H12O4/c1-16-12(6-7-12)9-5-3-2-4-8(9)10(13)11(14)15/h2-5H,6-7H2,1H3,(H,14,15). The van der Waals surface area contributed by atoms with Gasteiger partial charge in [-0.25, -0.2) is 4.79 Å². The molecule has 0 unspecified atom stereocenters. The second kappa shape index (κ2) is 3.72. The number of carboxylic acids is 1. The molecule has 0 saturated heterocycles. The smallest absolute Gasteiger partial charge is 0.377 e. The molecule has 0 aromatic heterocycles. The minimum absolute atomic E-state index is 0.231. The number of Topliss-reactive ketones (excluding diaryl/α,β-unsaturated/α-hetero) is 1. The first-order valence-corrected chi connectivity index (χ1v) is 5.03. The van der Waals surface area contributed by atoms with E-state index in [0.29, 0.717) is 5.56 Å². The summed E-state index contributed by atoms with van der Waals surface area (Å²) in [5, 5.41) is 8.73. The van der Waals surface area contributed by atoms with E-state index in [2.05, 4.69) is 0 Å². The summed E-state index contributed by atoms with van der Waals surface area (Å²) in [4.78, 5) is 22.2. The Balaban J connectivity index is 2.46. The van der Waals surface area contributed by atoms with E-state index in [1.807, 2.05) is 0 Å². The highest BCUT2D eigenvalue weighted by molar-refractivity contribution is 6.40. The maximum absolute atomic E-state index is 11.5. The number of ketones is 1. The molecule has 1 aliphatic rings. The van der Waals surface area contributed by atoms with Gasteiger partial charge in [-0.2, -0.15) is 0 Å². The van der Waals surface area contributed by atoms with Crippen LogP contribution in [0.1, 0.15) is 28.8 Å². The maximum atomic E-state index is 11.5. The number of rotatable bonds is 4. The highest BCUT2D eigenvalue weighted by Gasteiger charge is 2.47. The van der Waals surface area contributed by atoms with E-state index in [1.165, 1.54) is 6.07 Å². The lowest BCUT2D eigenvalue weighted by Crippen LogP contribution is -2.19. The Kier molecular flexibility index (Phi) is 2.52. The monoisotopic (exact) mass is 220 g/mol. The van der Waals surface area contributed by atoms with E-state index in [4.69, 9.17) is 9.84 Å². The van der Waals surface area contributed by atoms with Gasteiger partial charge in [0, 0.05) is 12.7 Å². The third kappa shape index (κ3) is 1.61. The van der Waals surface area contributed by atoms with Crippen LogP contribution in [0.2, 0.25) is 0 Å². The van der Waals surface area contributed by atoms with Gasteiger partial charge in [-0.1, -0.05) is 24.3 Å². The summed E-state index contributed by atoms with van der Waals surface area (Å²) in [6.45, 7) is 0. The van der Waals surface area contributed by atoms with E-state index >= 15 is 0 Å². The number of ether oxygens (including phenoxy) is 1. The maximum Gasteiger partial charge on any atom is 0.377 e. The molecule has 1 N–H and O–H groups in total. The lowest BCUT2D eigenvalue weighted by molar-refractivity contribution is -0.131. The van der Waals surface area contributed by atoms with Crippen molar-refractivity contribution in [1.29, 1.82) is 0 Å². The van der Waals surface area contributed by atoms with Crippen LogP contribution in [0.25, 0.3) is 0 Å². The van der Waals surface area contributed by atoms with Crippen LogP contribution in [-0.2, 0) is 15.1 Å². The van der Waals surface area contributed by atoms with Crippen molar-refractivity contribution in [3.8, 4) is 0 Å². The molecule has 1 aromatic rings. The highest BCUT2D eigenvalue weighted by Crippen LogP contribution is 2.49. The number of carbonyl (C=O) groups is 2.